The highest BCUT2D eigenvalue weighted by molar-refractivity contribution is 7.97. The van der Waals surface area contributed by atoms with Crippen LogP contribution in [0.3, 0.4) is 0 Å². The van der Waals surface area contributed by atoms with E-state index in [0.717, 1.165) is 29.2 Å². The van der Waals surface area contributed by atoms with E-state index >= 15 is 0 Å². The van der Waals surface area contributed by atoms with Gasteiger partial charge < -0.3 is 18.8 Å². The Balaban J connectivity index is 1.83. The van der Waals surface area contributed by atoms with Gasteiger partial charge >= 0.3 is 0 Å². The molecule has 24 heavy (non-hydrogen) atoms. The molecule has 3 rings (SSSR count). The predicted molar refractivity (Wildman–Crippen MR) is 93.8 cm³/mol. The number of nitrogens with zero attached hydrogens (tertiary/aromatic N) is 1. The van der Waals surface area contributed by atoms with Gasteiger partial charge in [-0.2, -0.15) is 11.8 Å². The maximum Gasteiger partial charge on any atom is 0.289 e. The van der Waals surface area contributed by atoms with Gasteiger partial charge in [0.1, 0.15) is 5.76 Å². The van der Waals surface area contributed by atoms with Crippen LogP contribution in [0.4, 0.5) is 0 Å². The molecule has 0 bridgehead atoms. The number of amides is 1. The number of carbonyl (C=O) groups is 1. The third-order valence-corrected chi connectivity index (χ3v) is 4.48. The van der Waals surface area contributed by atoms with Crippen molar-refractivity contribution in [1.29, 1.82) is 0 Å². The largest absolute Gasteiger partial charge is 0.493 e. The molecule has 128 valence electrons. The summed E-state index contributed by atoms with van der Waals surface area (Å²) < 4.78 is 16.9. The quantitative estimate of drug-likeness (QED) is 0.846. The lowest BCUT2D eigenvalue weighted by Gasteiger charge is -2.26. The number of methoxy groups -OCH3 is 1. The summed E-state index contributed by atoms with van der Waals surface area (Å²) in [6, 6.07) is 9.37. The minimum atomic E-state index is -0.0852. The summed E-state index contributed by atoms with van der Waals surface area (Å²) in [6.45, 7) is 1.66. The van der Waals surface area contributed by atoms with Gasteiger partial charge in [0.2, 0.25) is 0 Å². The molecule has 0 saturated heterocycles. The Morgan fingerprint density at radius 2 is 2.21 bits per heavy atom. The summed E-state index contributed by atoms with van der Waals surface area (Å²) in [4.78, 5) is 14.6. The summed E-state index contributed by atoms with van der Waals surface area (Å²) in [5.74, 6) is 3.31. The summed E-state index contributed by atoms with van der Waals surface area (Å²) >= 11 is 1.67. The van der Waals surface area contributed by atoms with Gasteiger partial charge in [0, 0.05) is 18.7 Å². The summed E-state index contributed by atoms with van der Waals surface area (Å²) in [5.41, 5.74) is 0.943. The van der Waals surface area contributed by atoms with Crippen LogP contribution < -0.4 is 9.47 Å². The van der Waals surface area contributed by atoms with Crippen LogP contribution in [0.5, 0.6) is 11.5 Å². The molecule has 1 aromatic carbocycles. The van der Waals surface area contributed by atoms with E-state index in [1.807, 2.05) is 35.4 Å². The molecular weight excluding hydrogens is 326 g/mol. The second kappa shape index (κ2) is 7.66. The predicted octanol–water partition coefficient (Wildman–Crippen LogP) is 3.58. The van der Waals surface area contributed by atoms with Crippen molar-refractivity contribution in [3.63, 3.8) is 0 Å². The molecule has 6 heteroatoms. The second-order valence-electron chi connectivity index (χ2n) is 5.58. The van der Waals surface area contributed by atoms with Crippen LogP contribution in [0.15, 0.2) is 34.7 Å². The summed E-state index contributed by atoms with van der Waals surface area (Å²) in [6.07, 6.45) is 2.77. The lowest BCUT2D eigenvalue weighted by atomic mass is 10.1. The number of para-hydroxylation sites is 1. The fourth-order valence-corrected chi connectivity index (χ4v) is 3.21. The molecule has 0 atom stereocenters. The van der Waals surface area contributed by atoms with Gasteiger partial charge in [0.15, 0.2) is 17.3 Å². The number of hydrogen-bond acceptors (Lipinski definition) is 5. The molecule has 1 aliphatic heterocycles. The zero-order chi connectivity index (χ0) is 16.9. The van der Waals surface area contributed by atoms with Crippen molar-refractivity contribution in [2.24, 2.45) is 0 Å². The normalized spacial score (nSPS) is 14.3. The van der Waals surface area contributed by atoms with Crippen LogP contribution in [0.25, 0.3) is 0 Å². The van der Waals surface area contributed by atoms with Crippen LogP contribution in [0.2, 0.25) is 0 Å². The van der Waals surface area contributed by atoms with E-state index < -0.39 is 0 Å². The number of benzene rings is 1. The van der Waals surface area contributed by atoms with Crippen molar-refractivity contribution >= 4 is 17.7 Å². The highest BCUT2D eigenvalue weighted by atomic mass is 32.2. The van der Waals surface area contributed by atoms with Crippen molar-refractivity contribution < 1.29 is 18.7 Å². The highest BCUT2D eigenvalue weighted by Gasteiger charge is 2.23. The molecule has 0 aliphatic carbocycles. The molecule has 1 aliphatic rings. The van der Waals surface area contributed by atoms with E-state index in [2.05, 4.69) is 0 Å². The molecule has 0 fully saturated rings. The topological polar surface area (TPSA) is 51.9 Å². The first kappa shape index (κ1) is 16.8. The van der Waals surface area contributed by atoms with Gasteiger partial charge in [0.05, 0.1) is 19.5 Å². The van der Waals surface area contributed by atoms with Crippen molar-refractivity contribution in [3.05, 3.63) is 47.4 Å². The maximum absolute atomic E-state index is 12.8. The van der Waals surface area contributed by atoms with Crippen LogP contribution in [-0.2, 0) is 12.3 Å². The molecule has 1 aromatic heterocycles. The number of hydrogen-bond donors (Lipinski definition) is 0. The van der Waals surface area contributed by atoms with Gasteiger partial charge in [-0.1, -0.05) is 12.1 Å². The van der Waals surface area contributed by atoms with E-state index in [1.165, 1.54) is 0 Å². The van der Waals surface area contributed by atoms with Crippen LogP contribution in [-0.4, -0.2) is 37.3 Å². The fraction of sp³-hybridized carbons (Fsp3) is 0.389. The van der Waals surface area contributed by atoms with Gasteiger partial charge in [-0.25, -0.2) is 0 Å². The number of fused-ring (bicyclic) bond motifs is 1. The Morgan fingerprint density at radius 3 is 3.00 bits per heavy atom. The van der Waals surface area contributed by atoms with Gasteiger partial charge in [0.25, 0.3) is 5.91 Å². The molecule has 0 N–H and O–H groups in total. The average molecular weight is 347 g/mol. The molecule has 0 saturated carbocycles. The number of carbonyl (C=O) groups excluding carboxylic acids is 1. The summed E-state index contributed by atoms with van der Waals surface area (Å²) in [5, 5.41) is 0. The van der Waals surface area contributed by atoms with Crippen molar-refractivity contribution in [1.82, 2.24) is 4.90 Å². The minimum Gasteiger partial charge on any atom is -0.493 e. The zero-order valence-electron chi connectivity index (χ0n) is 13.9. The van der Waals surface area contributed by atoms with E-state index in [0.29, 0.717) is 31.2 Å². The van der Waals surface area contributed by atoms with Gasteiger partial charge in [-0.05, 0) is 30.9 Å². The van der Waals surface area contributed by atoms with Crippen LogP contribution in [0, 0.1) is 0 Å². The number of furan rings is 1. The third-order valence-electron chi connectivity index (χ3n) is 3.91. The van der Waals surface area contributed by atoms with Crippen molar-refractivity contribution in [2.75, 3.05) is 26.5 Å². The van der Waals surface area contributed by atoms with Crippen molar-refractivity contribution in [2.45, 2.75) is 18.7 Å². The maximum atomic E-state index is 12.8. The average Bonchev–Trinajstić information content (AvgIpc) is 3.03. The lowest BCUT2D eigenvalue weighted by molar-refractivity contribution is 0.0687. The Labute approximate surface area is 145 Å². The molecule has 5 nitrogen and oxygen atoms in total. The standard InChI is InChI=1S/C18H21NO4S/c1-21-15-6-3-5-13-11-19(9-4-10-22-17(13)15)18(20)16-8-7-14(23-16)12-24-2/h3,5-8H,4,9-12H2,1-2H3. The van der Waals surface area contributed by atoms with E-state index in [9.17, 15) is 4.79 Å². The monoisotopic (exact) mass is 347 g/mol. The van der Waals surface area contributed by atoms with Gasteiger partial charge in [-0.3, -0.25) is 4.79 Å². The molecular formula is C18H21NO4S. The molecule has 0 radical (unpaired) electrons. The van der Waals surface area contributed by atoms with E-state index in [4.69, 9.17) is 13.9 Å². The van der Waals surface area contributed by atoms with E-state index in [-0.39, 0.29) is 5.91 Å². The zero-order valence-corrected chi connectivity index (χ0v) is 14.7. The first-order chi connectivity index (χ1) is 11.7. The summed E-state index contributed by atoms with van der Waals surface area (Å²) in [7, 11) is 1.62. The first-order valence-electron chi connectivity index (χ1n) is 7.88. The number of thioether (sulfide) groups is 1. The Hall–Kier alpha value is -2.08. The molecule has 1 amide bonds. The van der Waals surface area contributed by atoms with E-state index in [1.54, 1.807) is 24.9 Å². The fourth-order valence-electron chi connectivity index (χ4n) is 2.77. The Kier molecular flexibility index (Phi) is 5.35. The molecule has 2 heterocycles. The molecule has 0 spiro atoms. The Morgan fingerprint density at radius 1 is 1.33 bits per heavy atom. The van der Waals surface area contributed by atoms with Crippen molar-refractivity contribution in [3.8, 4) is 11.5 Å². The highest BCUT2D eigenvalue weighted by Crippen LogP contribution is 2.33. The first-order valence-corrected chi connectivity index (χ1v) is 9.28. The molecule has 2 aromatic rings. The number of ether oxygens (including phenoxy) is 2. The second-order valence-corrected chi connectivity index (χ2v) is 6.44. The smallest absolute Gasteiger partial charge is 0.289 e. The Bertz CT molecular complexity index is 713. The van der Waals surface area contributed by atoms with Crippen LogP contribution >= 0.6 is 11.8 Å². The number of rotatable bonds is 4. The minimum absolute atomic E-state index is 0.0852. The SMILES string of the molecule is COc1cccc2c1OCCCN(C(=O)c1ccc(CSC)o1)C2. The molecule has 0 unspecified atom stereocenters. The lowest BCUT2D eigenvalue weighted by Crippen LogP contribution is -2.33. The van der Waals surface area contributed by atoms with Crippen LogP contribution in [0.1, 0.15) is 28.3 Å². The van der Waals surface area contributed by atoms with Gasteiger partial charge in [-0.15, -0.1) is 0 Å². The third kappa shape index (κ3) is 3.53.